The number of rotatable bonds is 6. The largest absolute Gasteiger partial charge is 0.484 e. The molecule has 1 amide bonds. The second-order valence-corrected chi connectivity index (χ2v) is 7.11. The van der Waals surface area contributed by atoms with E-state index in [-0.39, 0.29) is 18.3 Å². The van der Waals surface area contributed by atoms with Gasteiger partial charge in [0, 0.05) is 28.7 Å². The van der Waals surface area contributed by atoms with Crippen molar-refractivity contribution < 1.29 is 14.3 Å². The second-order valence-electron chi connectivity index (χ2n) is 6.26. The summed E-state index contributed by atoms with van der Waals surface area (Å²) in [6, 6.07) is 11.8. The summed E-state index contributed by atoms with van der Waals surface area (Å²) in [5, 5.41) is 1.03. The number of ether oxygens (including phenoxy) is 1. The Morgan fingerprint density at radius 2 is 1.74 bits per heavy atom. The summed E-state index contributed by atoms with van der Waals surface area (Å²) in [6.07, 6.45) is 5.22. The van der Waals surface area contributed by atoms with Crippen LogP contribution in [-0.2, 0) is 4.79 Å². The van der Waals surface area contributed by atoms with Crippen molar-refractivity contribution in [2.45, 2.75) is 12.8 Å². The number of halogens is 2. The smallest absolute Gasteiger partial charge is 0.260 e. The molecule has 0 N–H and O–H groups in total. The molecule has 1 aliphatic heterocycles. The van der Waals surface area contributed by atoms with Gasteiger partial charge in [-0.1, -0.05) is 29.3 Å². The first-order valence-electron chi connectivity index (χ1n) is 8.71. The van der Waals surface area contributed by atoms with E-state index in [1.807, 2.05) is 4.90 Å². The summed E-state index contributed by atoms with van der Waals surface area (Å²) in [6.45, 7) is 1.63. The van der Waals surface area contributed by atoms with Crippen molar-refractivity contribution in [1.82, 2.24) is 4.90 Å². The molecule has 140 valence electrons. The maximum Gasteiger partial charge on any atom is 0.260 e. The molecule has 6 heteroatoms. The third-order valence-corrected chi connectivity index (χ3v) is 4.90. The standard InChI is InChI=1S/C21H19Cl2NO3/c22-17-7-3-15(19(23)13-17)6-10-20(25)16-4-8-18(9-5-16)27-14-21(26)24-11-1-2-12-24/h3-10,13H,1-2,11-12,14H2/b10-6+. The number of nitrogens with zero attached hydrogens (tertiary/aromatic N) is 1. The lowest BCUT2D eigenvalue weighted by molar-refractivity contribution is -0.132. The van der Waals surface area contributed by atoms with Crippen LogP contribution in [-0.4, -0.2) is 36.3 Å². The molecule has 0 spiro atoms. The van der Waals surface area contributed by atoms with E-state index in [4.69, 9.17) is 27.9 Å². The molecule has 1 heterocycles. The van der Waals surface area contributed by atoms with Crippen molar-refractivity contribution in [2.75, 3.05) is 19.7 Å². The predicted molar refractivity (Wildman–Crippen MR) is 108 cm³/mol. The van der Waals surface area contributed by atoms with Crippen molar-refractivity contribution in [3.05, 3.63) is 69.7 Å². The predicted octanol–water partition coefficient (Wildman–Crippen LogP) is 4.89. The highest BCUT2D eigenvalue weighted by molar-refractivity contribution is 6.35. The lowest BCUT2D eigenvalue weighted by Crippen LogP contribution is -2.32. The Hall–Kier alpha value is -2.30. The first-order chi connectivity index (χ1) is 13.0. The van der Waals surface area contributed by atoms with Crippen molar-refractivity contribution in [3.63, 3.8) is 0 Å². The summed E-state index contributed by atoms with van der Waals surface area (Å²) >= 11 is 12.0. The van der Waals surface area contributed by atoms with Gasteiger partial charge in [-0.3, -0.25) is 9.59 Å². The third-order valence-electron chi connectivity index (χ3n) is 4.34. The average Bonchev–Trinajstić information content (AvgIpc) is 3.20. The van der Waals surface area contributed by atoms with E-state index in [0.717, 1.165) is 31.5 Å². The Kier molecular flexibility index (Phi) is 6.54. The Morgan fingerprint density at radius 3 is 2.41 bits per heavy atom. The molecule has 0 unspecified atom stereocenters. The first-order valence-corrected chi connectivity index (χ1v) is 9.46. The van der Waals surface area contributed by atoms with E-state index in [9.17, 15) is 9.59 Å². The van der Waals surface area contributed by atoms with Gasteiger partial charge in [0.15, 0.2) is 12.4 Å². The summed E-state index contributed by atoms with van der Waals surface area (Å²) in [5.74, 6) is 0.403. The van der Waals surface area contributed by atoms with Crippen molar-refractivity contribution in [3.8, 4) is 5.75 Å². The zero-order valence-electron chi connectivity index (χ0n) is 14.7. The summed E-state index contributed by atoms with van der Waals surface area (Å²) in [4.78, 5) is 26.1. The second kappa shape index (κ2) is 9.07. The minimum atomic E-state index is -0.152. The van der Waals surface area contributed by atoms with Crippen LogP contribution in [0.2, 0.25) is 10.0 Å². The van der Waals surface area contributed by atoms with E-state index in [0.29, 0.717) is 21.4 Å². The van der Waals surface area contributed by atoms with Crippen LogP contribution >= 0.6 is 23.2 Å². The highest BCUT2D eigenvalue weighted by Crippen LogP contribution is 2.22. The molecule has 0 saturated carbocycles. The fourth-order valence-corrected chi connectivity index (χ4v) is 3.29. The number of hydrogen-bond acceptors (Lipinski definition) is 3. The summed E-state index contributed by atoms with van der Waals surface area (Å²) in [5.41, 5.74) is 1.24. The Labute approximate surface area is 168 Å². The zero-order chi connectivity index (χ0) is 19.2. The number of likely N-dealkylation sites (tertiary alicyclic amines) is 1. The Bertz CT molecular complexity index is 856. The first kappa shape index (κ1) is 19.5. The number of benzene rings is 2. The summed E-state index contributed by atoms with van der Waals surface area (Å²) < 4.78 is 5.52. The molecule has 1 aliphatic rings. The van der Waals surface area contributed by atoms with Gasteiger partial charge >= 0.3 is 0 Å². The van der Waals surface area contributed by atoms with Gasteiger partial charge in [-0.2, -0.15) is 0 Å². The van der Waals surface area contributed by atoms with Crippen LogP contribution in [0.5, 0.6) is 5.75 Å². The van der Waals surface area contributed by atoms with Gasteiger partial charge in [0.25, 0.3) is 5.91 Å². The van der Waals surface area contributed by atoms with E-state index in [1.54, 1.807) is 48.5 Å². The molecule has 0 aliphatic carbocycles. The highest BCUT2D eigenvalue weighted by Gasteiger charge is 2.18. The molecule has 4 nitrogen and oxygen atoms in total. The van der Waals surface area contributed by atoms with Gasteiger partial charge in [-0.05, 0) is 67.0 Å². The molecule has 2 aromatic rings. The van der Waals surface area contributed by atoms with E-state index in [1.165, 1.54) is 6.08 Å². The molecule has 0 atom stereocenters. The normalized spacial score (nSPS) is 13.9. The van der Waals surface area contributed by atoms with E-state index >= 15 is 0 Å². The molecule has 0 radical (unpaired) electrons. The maximum atomic E-state index is 12.3. The zero-order valence-corrected chi connectivity index (χ0v) is 16.2. The van der Waals surface area contributed by atoms with Crippen LogP contribution in [0.3, 0.4) is 0 Å². The van der Waals surface area contributed by atoms with Crippen molar-refractivity contribution in [2.24, 2.45) is 0 Å². The van der Waals surface area contributed by atoms with Crippen molar-refractivity contribution in [1.29, 1.82) is 0 Å². The molecule has 0 aromatic heterocycles. The molecule has 1 fully saturated rings. The molecular weight excluding hydrogens is 385 g/mol. The minimum absolute atomic E-state index is 0.00423. The topological polar surface area (TPSA) is 46.6 Å². The van der Waals surface area contributed by atoms with Crippen LogP contribution < -0.4 is 4.74 Å². The quantitative estimate of drug-likeness (QED) is 0.509. The number of hydrogen-bond donors (Lipinski definition) is 0. The average molecular weight is 404 g/mol. The minimum Gasteiger partial charge on any atom is -0.484 e. The van der Waals surface area contributed by atoms with Crippen LogP contribution in [0.4, 0.5) is 0 Å². The monoisotopic (exact) mass is 403 g/mol. The van der Waals surface area contributed by atoms with Gasteiger partial charge in [-0.25, -0.2) is 0 Å². The lowest BCUT2D eigenvalue weighted by atomic mass is 10.1. The van der Waals surface area contributed by atoms with Crippen LogP contribution in [0.15, 0.2) is 48.5 Å². The van der Waals surface area contributed by atoms with Crippen LogP contribution in [0.1, 0.15) is 28.8 Å². The SMILES string of the molecule is O=C(/C=C/c1ccc(Cl)cc1Cl)c1ccc(OCC(=O)N2CCCC2)cc1. The fourth-order valence-electron chi connectivity index (χ4n) is 2.82. The molecule has 2 aromatic carbocycles. The molecule has 1 saturated heterocycles. The molecule has 27 heavy (non-hydrogen) atoms. The fraction of sp³-hybridized carbons (Fsp3) is 0.238. The van der Waals surface area contributed by atoms with Gasteiger partial charge < -0.3 is 9.64 Å². The van der Waals surface area contributed by atoms with Crippen LogP contribution in [0.25, 0.3) is 6.08 Å². The van der Waals surface area contributed by atoms with Gasteiger partial charge in [0.1, 0.15) is 5.75 Å². The maximum absolute atomic E-state index is 12.3. The molecule has 3 rings (SSSR count). The number of carbonyl (C=O) groups excluding carboxylic acids is 2. The van der Waals surface area contributed by atoms with Crippen molar-refractivity contribution >= 4 is 41.0 Å². The van der Waals surface area contributed by atoms with Crippen LogP contribution in [0, 0.1) is 0 Å². The number of amides is 1. The highest BCUT2D eigenvalue weighted by atomic mass is 35.5. The lowest BCUT2D eigenvalue weighted by Gasteiger charge is -2.15. The van der Waals surface area contributed by atoms with Gasteiger partial charge in [0.05, 0.1) is 0 Å². The van der Waals surface area contributed by atoms with Gasteiger partial charge in [0.2, 0.25) is 0 Å². The molecular formula is C21H19Cl2NO3. The number of ketones is 1. The van der Waals surface area contributed by atoms with E-state index < -0.39 is 0 Å². The summed E-state index contributed by atoms with van der Waals surface area (Å²) in [7, 11) is 0. The number of allylic oxidation sites excluding steroid dienone is 1. The number of carbonyl (C=O) groups is 2. The Balaban J connectivity index is 1.56. The molecule has 0 bridgehead atoms. The van der Waals surface area contributed by atoms with Gasteiger partial charge in [-0.15, -0.1) is 0 Å². The third kappa shape index (κ3) is 5.34. The Morgan fingerprint density at radius 1 is 1.04 bits per heavy atom. The van der Waals surface area contributed by atoms with E-state index in [2.05, 4.69) is 0 Å².